The number of aryl methyl sites for hydroxylation is 1. The van der Waals surface area contributed by atoms with Crippen LogP contribution in [0.3, 0.4) is 0 Å². The first-order chi connectivity index (χ1) is 9.08. The summed E-state index contributed by atoms with van der Waals surface area (Å²) in [5.41, 5.74) is 0.791. The monoisotopic (exact) mass is 260 g/mol. The predicted octanol–water partition coefficient (Wildman–Crippen LogP) is 2.36. The second-order valence-electron chi connectivity index (χ2n) is 4.81. The zero-order valence-electron chi connectivity index (χ0n) is 11.6. The van der Waals surface area contributed by atoms with Gasteiger partial charge in [0.05, 0.1) is 13.3 Å². The SMILES string of the molecule is CCn1ncc(OC)c1C(C)(O)Cc1ccccc1. The van der Waals surface area contributed by atoms with E-state index in [-0.39, 0.29) is 0 Å². The minimum absolute atomic E-state index is 0.524. The van der Waals surface area contributed by atoms with E-state index in [1.165, 1.54) is 0 Å². The molecule has 0 fully saturated rings. The van der Waals surface area contributed by atoms with Gasteiger partial charge in [-0.2, -0.15) is 5.10 Å². The van der Waals surface area contributed by atoms with Crippen LogP contribution in [0.5, 0.6) is 5.75 Å². The fourth-order valence-corrected chi connectivity index (χ4v) is 2.38. The van der Waals surface area contributed by atoms with Crippen molar-refractivity contribution < 1.29 is 9.84 Å². The Bertz CT molecular complexity index is 511. The van der Waals surface area contributed by atoms with Gasteiger partial charge < -0.3 is 9.84 Å². The summed E-state index contributed by atoms with van der Waals surface area (Å²) >= 11 is 0. The third-order valence-electron chi connectivity index (χ3n) is 3.23. The zero-order chi connectivity index (χ0) is 13.9. The largest absolute Gasteiger partial charge is 0.493 e. The first-order valence-electron chi connectivity index (χ1n) is 6.45. The molecule has 19 heavy (non-hydrogen) atoms. The minimum atomic E-state index is -1.01. The van der Waals surface area contributed by atoms with Crippen molar-refractivity contribution in [2.45, 2.75) is 32.4 Å². The average Bonchev–Trinajstić information content (AvgIpc) is 2.83. The lowest BCUT2D eigenvalue weighted by Crippen LogP contribution is -2.28. The lowest BCUT2D eigenvalue weighted by atomic mass is 9.92. The van der Waals surface area contributed by atoms with Gasteiger partial charge in [0.2, 0.25) is 0 Å². The Morgan fingerprint density at radius 3 is 2.58 bits per heavy atom. The number of benzene rings is 1. The maximum Gasteiger partial charge on any atom is 0.162 e. The van der Waals surface area contributed by atoms with Crippen LogP contribution in [-0.2, 0) is 18.6 Å². The van der Waals surface area contributed by atoms with Gasteiger partial charge in [0.1, 0.15) is 11.3 Å². The van der Waals surface area contributed by atoms with Gasteiger partial charge in [-0.05, 0) is 19.4 Å². The smallest absolute Gasteiger partial charge is 0.162 e. The van der Waals surface area contributed by atoms with E-state index in [0.29, 0.717) is 18.7 Å². The Hall–Kier alpha value is -1.81. The number of nitrogens with zero attached hydrogens (tertiary/aromatic N) is 2. The van der Waals surface area contributed by atoms with Crippen LogP contribution in [0.2, 0.25) is 0 Å². The summed E-state index contributed by atoms with van der Waals surface area (Å²) in [6.45, 7) is 4.49. The van der Waals surface area contributed by atoms with E-state index in [1.807, 2.05) is 37.3 Å². The molecule has 0 saturated carbocycles. The van der Waals surface area contributed by atoms with E-state index in [2.05, 4.69) is 5.10 Å². The summed E-state index contributed by atoms with van der Waals surface area (Å²) < 4.78 is 7.09. The molecule has 1 aromatic heterocycles. The van der Waals surface area contributed by atoms with E-state index >= 15 is 0 Å². The summed E-state index contributed by atoms with van der Waals surface area (Å²) in [6, 6.07) is 9.93. The molecule has 0 aliphatic heterocycles. The molecule has 4 nitrogen and oxygen atoms in total. The third kappa shape index (κ3) is 2.79. The Balaban J connectivity index is 2.36. The van der Waals surface area contributed by atoms with Crippen LogP contribution in [-0.4, -0.2) is 22.0 Å². The predicted molar refractivity (Wildman–Crippen MR) is 74.2 cm³/mol. The van der Waals surface area contributed by atoms with Crippen molar-refractivity contribution in [2.24, 2.45) is 0 Å². The van der Waals surface area contributed by atoms with Crippen LogP contribution in [0, 0.1) is 0 Å². The normalized spacial score (nSPS) is 14.1. The molecule has 1 aromatic carbocycles. The van der Waals surface area contributed by atoms with Crippen molar-refractivity contribution in [1.29, 1.82) is 0 Å². The van der Waals surface area contributed by atoms with Gasteiger partial charge in [0.25, 0.3) is 0 Å². The van der Waals surface area contributed by atoms with Gasteiger partial charge in [-0.25, -0.2) is 0 Å². The van der Waals surface area contributed by atoms with Gasteiger partial charge in [-0.15, -0.1) is 0 Å². The minimum Gasteiger partial charge on any atom is -0.493 e. The Morgan fingerprint density at radius 2 is 2.00 bits per heavy atom. The lowest BCUT2D eigenvalue weighted by molar-refractivity contribution is 0.0454. The number of rotatable bonds is 5. The standard InChI is InChI=1S/C15H20N2O2/c1-4-17-14(13(19-3)11-16-17)15(2,18)10-12-8-6-5-7-9-12/h5-9,11,18H,4,10H2,1-3H3. The van der Waals surface area contributed by atoms with E-state index < -0.39 is 5.60 Å². The van der Waals surface area contributed by atoms with Crippen LogP contribution >= 0.6 is 0 Å². The van der Waals surface area contributed by atoms with E-state index in [4.69, 9.17) is 4.74 Å². The van der Waals surface area contributed by atoms with Gasteiger partial charge in [-0.3, -0.25) is 4.68 Å². The molecule has 0 bridgehead atoms. The molecule has 0 aliphatic rings. The van der Waals surface area contributed by atoms with Crippen LogP contribution in [0.1, 0.15) is 25.1 Å². The molecule has 1 N–H and O–H groups in total. The van der Waals surface area contributed by atoms with Crippen molar-refractivity contribution in [3.8, 4) is 5.75 Å². The number of ether oxygens (including phenoxy) is 1. The highest BCUT2D eigenvalue weighted by Crippen LogP contribution is 2.32. The molecule has 0 saturated heterocycles. The van der Waals surface area contributed by atoms with Crippen LogP contribution < -0.4 is 4.74 Å². The second kappa shape index (κ2) is 5.45. The molecular weight excluding hydrogens is 240 g/mol. The lowest BCUT2D eigenvalue weighted by Gasteiger charge is -2.25. The molecule has 2 aromatic rings. The van der Waals surface area contributed by atoms with Crippen molar-refractivity contribution in [3.05, 3.63) is 47.8 Å². The molecule has 0 amide bonds. The topological polar surface area (TPSA) is 47.3 Å². The number of hydrogen-bond donors (Lipinski definition) is 1. The van der Waals surface area contributed by atoms with Crippen molar-refractivity contribution >= 4 is 0 Å². The molecule has 1 unspecified atom stereocenters. The summed E-state index contributed by atoms with van der Waals surface area (Å²) in [7, 11) is 1.60. The zero-order valence-corrected chi connectivity index (χ0v) is 11.6. The highest BCUT2D eigenvalue weighted by atomic mass is 16.5. The molecule has 0 aliphatic carbocycles. The van der Waals surface area contributed by atoms with E-state index in [0.717, 1.165) is 11.3 Å². The number of hydrogen-bond acceptors (Lipinski definition) is 3. The maximum atomic E-state index is 10.8. The first-order valence-corrected chi connectivity index (χ1v) is 6.45. The Labute approximate surface area is 113 Å². The van der Waals surface area contributed by atoms with Crippen molar-refractivity contribution in [1.82, 2.24) is 9.78 Å². The molecule has 2 rings (SSSR count). The van der Waals surface area contributed by atoms with E-state index in [9.17, 15) is 5.11 Å². The summed E-state index contributed by atoms with van der Waals surface area (Å²) in [5.74, 6) is 0.628. The first kappa shape index (κ1) is 13.6. The van der Waals surface area contributed by atoms with Crippen LogP contribution in [0.15, 0.2) is 36.5 Å². The summed E-state index contributed by atoms with van der Waals surface area (Å²) in [6.07, 6.45) is 2.17. The highest BCUT2D eigenvalue weighted by Gasteiger charge is 2.31. The van der Waals surface area contributed by atoms with Crippen molar-refractivity contribution in [2.75, 3.05) is 7.11 Å². The summed E-state index contributed by atoms with van der Waals surface area (Å²) in [5, 5.41) is 15.1. The average molecular weight is 260 g/mol. The van der Waals surface area contributed by atoms with Crippen LogP contribution in [0.25, 0.3) is 0 Å². The fraction of sp³-hybridized carbons (Fsp3) is 0.400. The van der Waals surface area contributed by atoms with Gasteiger partial charge >= 0.3 is 0 Å². The number of methoxy groups -OCH3 is 1. The quantitative estimate of drug-likeness (QED) is 0.897. The second-order valence-corrected chi connectivity index (χ2v) is 4.81. The molecule has 1 heterocycles. The number of aliphatic hydroxyl groups is 1. The molecular formula is C15H20N2O2. The summed E-state index contributed by atoms with van der Waals surface area (Å²) in [4.78, 5) is 0. The molecule has 4 heteroatoms. The number of aromatic nitrogens is 2. The van der Waals surface area contributed by atoms with Crippen LogP contribution in [0.4, 0.5) is 0 Å². The maximum absolute atomic E-state index is 10.8. The van der Waals surface area contributed by atoms with E-state index in [1.54, 1.807) is 24.9 Å². The van der Waals surface area contributed by atoms with Gasteiger partial charge in [-0.1, -0.05) is 30.3 Å². The molecule has 0 radical (unpaired) electrons. The fourth-order valence-electron chi connectivity index (χ4n) is 2.38. The highest BCUT2D eigenvalue weighted by molar-refractivity contribution is 5.32. The molecule has 0 spiro atoms. The van der Waals surface area contributed by atoms with Gasteiger partial charge in [0, 0.05) is 13.0 Å². The van der Waals surface area contributed by atoms with Gasteiger partial charge in [0.15, 0.2) is 5.75 Å². The molecule has 1 atom stereocenters. The Kier molecular flexibility index (Phi) is 3.90. The van der Waals surface area contributed by atoms with Crippen molar-refractivity contribution in [3.63, 3.8) is 0 Å². The Morgan fingerprint density at radius 1 is 1.32 bits per heavy atom. The molecule has 102 valence electrons. The third-order valence-corrected chi connectivity index (χ3v) is 3.23.